The lowest BCUT2D eigenvalue weighted by atomic mass is 10.1. The highest BCUT2D eigenvalue weighted by molar-refractivity contribution is 6.99. The van der Waals surface area contributed by atoms with E-state index in [1.807, 2.05) is 0 Å². The van der Waals surface area contributed by atoms with Gasteiger partial charge >= 0.3 is 5.97 Å². The van der Waals surface area contributed by atoms with E-state index in [1.165, 1.54) is 43.8 Å². The normalized spacial score (nSPS) is 19.1. The number of unbranched alkanes of at least 4 members (excludes halogenated alkanes) is 6. The monoisotopic (exact) mass is 424 g/mol. The van der Waals surface area contributed by atoms with Crippen molar-refractivity contribution in [3.63, 3.8) is 0 Å². The highest BCUT2D eigenvalue weighted by Gasteiger charge is 2.31. The first-order chi connectivity index (χ1) is 14.1. The molecule has 164 valence electrons. The largest absolute Gasteiger partial charge is 0.475 e. The number of aromatic nitrogens is 2. The molecule has 0 aliphatic carbocycles. The molecule has 7 heteroatoms. The number of carbonyl (C=O) groups is 1. The number of carbonyl (C=O) groups excluding carboxylic acids is 1. The van der Waals surface area contributed by atoms with E-state index in [-0.39, 0.29) is 5.97 Å². The molecule has 1 aromatic rings. The zero-order chi connectivity index (χ0) is 21.0. The molecule has 0 saturated heterocycles. The van der Waals surface area contributed by atoms with Gasteiger partial charge in [-0.2, -0.15) is 4.37 Å². The van der Waals surface area contributed by atoms with Crippen LogP contribution in [0.25, 0.3) is 5.57 Å². The minimum Gasteiger partial charge on any atom is -0.475 e. The first kappa shape index (κ1) is 23.8. The summed E-state index contributed by atoms with van der Waals surface area (Å²) in [6, 6.07) is 0. The fourth-order valence-corrected chi connectivity index (χ4v) is 4.08. The summed E-state index contributed by atoms with van der Waals surface area (Å²) < 4.78 is 21.0. The number of esters is 1. The molecule has 0 saturated carbocycles. The van der Waals surface area contributed by atoms with Crippen LogP contribution in [-0.4, -0.2) is 52.7 Å². The van der Waals surface area contributed by atoms with E-state index in [2.05, 4.69) is 35.7 Å². The molecule has 6 nitrogen and oxygen atoms in total. The second kappa shape index (κ2) is 13.0. The number of ether oxygens (including phenoxy) is 2. The molecule has 0 amide bonds. The van der Waals surface area contributed by atoms with Crippen LogP contribution in [0.15, 0.2) is 6.08 Å². The van der Waals surface area contributed by atoms with Crippen molar-refractivity contribution in [1.29, 1.82) is 0 Å². The first-order valence-electron chi connectivity index (χ1n) is 11.2. The molecule has 29 heavy (non-hydrogen) atoms. The van der Waals surface area contributed by atoms with Gasteiger partial charge in [-0.3, -0.25) is 9.28 Å². The highest BCUT2D eigenvalue weighted by Crippen LogP contribution is 2.30. The molecule has 0 radical (unpaired) electrons. The summed E-state index contributed by atoms with van der Waals surface area (Å²) in [5, 5.41) is 0. The average molecular weight is 425 g/mol. The van der Waals surface area contributed by atoms with Gasteiger partial charge in [0, 0.05) is 18.4 Å². The number of hydrogen-bond donors (Lipinski definition) is 0. The fourth-order valence-electron chi connectivity index (χ4n) is 3.55. The van der Waals surface area contributed by atoms with Gasteiger partial charge in [-0.25, -0.2) is 0 Å². The SMILES string of the molecule is CCCCCCOc1nsnc1C1=CCC[N+](C)(COC(=O)CCCCCC)C1. The van der Waals surface area contributed by atoms with Crippen molar-refractivity contribution in [3.8, 4) is 5.88 Å². The Labute approximate surface area is 180 Å². The number of quaternary nitrogens is 1. The number of hydrogen-bond acceptors (Lipinski definition) is 6. The van der Waals surface area contributed by atoms with Crippen molar-refractivity contribution < 1.29 is 18.8 Å². The Bertz CT molecular complexity index is 647. The van der Waals surface area contributed by atoms with Crippen LogP contribution in [0.2, 0.25) is 0 Å². The molecule has 1 unspecified atom stereocenters. The van der Waals surface area contributed by atoms with Gasteiger partial charge in [0.2, 0.25) is 6.73 Å². The van der Waals surface area contributed by atoms with Crippen molar-refractivity contribution in [2.75, 3.05) is 33.5 Å². The first-order valence-corrected chi connectivity index (χ1v) is 11.9. The topological polar surface area (TPSA) is 61.3 Å². The summed E-state index contributed by atoms with van der Waals surface area (Å²) in [4.78, 5) is 12.1. The minimum absolute atomic E-state index is 0.0806. The molecule has 1 atom stereocenters. The summed E-state index contributed by atoms with van der Waals surface area (Å²) in [6.07, 6.45) is 12.8. The molecule has 1 aromatic heterocycles. The Hall–Kier alpha value is -1.47. The zero-order valence-corrected chi connectivity index (χ0v) is 19.3. The molecule has 0 bridgehead atoms. The quantitative estimate of drug-likeness (QED) is 0.233. The van der Waals surface area contributed by atoms with Crippen LogP contribution in [0.5, 0.6) is 5.88 Å². The fraction of sp³-hybridized carbons (Fsp3) is 0.773. The molecule has 2 rings (SSSR count). The Kier molecular flexibility index (Phi) is 10.6. The van der Waals surface area contributed by atoms with Gasteiger partial charge in [-0.05, 0) is 12.8 Å². The van der Waals surface area contributed by atoms with Gasteiger partial charge in [-0.15, -0.1) is 4.37 Å². The van der Waals surface area contributed by atoms with Crippen molar-refractivity contribution in [2.45, 2.75) is 78.1 Å². The van der Waals surface area contributed by atoms with E-state index >= 15 is 0 Å². The second-order valence-electron chi connectivity index (χ2n) is 8.30. The molecule has 0 fully saturated rings. The average Bonchev–Trinajstić information content (AvgIpc) is 3.18. The number of rotatable bonds is 14. The van der Waals surface area contributed by atoms with E-state index in [9.17, 15) is 4.79 Å². The van der Waals surface area contributed by atoms with E-state index in [4.69, 9.17) is 9.47 Å². The van der Waals surface area contributed by atoms with Gasteiger partial charge in [0.05, 0.1) is 31.9 Å². The van der Waals surface area contributed by atoms with Gasteiger partial charge in [0.15, 0.2) is 0 Å². The third-order valence-corrected chi connectivity index (χ3v) is 5.89. The third-order valence-electron chi connectivity index (χ3n) is 5.38. The summed E-state index contributed by atoms with van der Waals surface area (Å²) in [7, 11) is 2.14. The molecular weight excluding hydrogens is 386 g/mol. The smallest absolute Gasteiger partial charge is 0.310 e. The summed E-state index contributed by atoms with van der Waals surface area (Å²) >= 11 is 1.20. The Balaban J connectivity index is 1.83. The Morgan fingerprint density at radius 3 is 2.62 bits per heavy atom. The lowest BCUT2D eigenvalue weighted by Crippen LogP contribution is -2.49. The van der Waals surface area contributed by atoms with E-state index in [0.717, 1.165) is 50.0 Å². The van der Waals surface area contributed by atoms with Gasteiger partial charge in [-0.1, -0.05) is 58.4 Å². The molecule has 2 heterocycles. The lowest BCUT2D eigenvalue weighted by Gasteiger charge is -2.36. The molecule has 1 aliphatic rings. The summed E-state index contributed by atoms with van der Waals surface area (Å²) in [6.45, 7) is 7.21. The van der Waals surface area contributed by atoms with Crippen molar-refractivity contribution >= 4 is 23.3 Å². The van der Waals surface area contributed by atoms with Crippen LogP contribution in [0.1, 0.15) is 83.7 Å². The zero-order valence-electron chi connectivity index (χ0n) is 18.5. The summed E-state index contributed by atoms with van der Waals surface area (Å²) in [5.74, 6) is 0.571. The van der Waals surface area contributed by atoms with Gasteiger partial charge in [0.1, 0.15) is 12.2 Å². The van der Waals surface area contributed by atoms with Crippen molar-refractivity contribution in [3.05, 3.63) is 11.8 Å². The maximum Gasteiger partial charge on any atom is 0.310 e. The van der Waals surface area contributed by atoms with Crippen LogP contribution in [0.4, 0.5) is 0 Å². The molecule has 1 aliphatic heterocycles. The maximum absolute atomic E-state index is 12.1. The van der Waals surface area contributed by atoms with Crippen LogP contribution in [0.3, 0.4) is 0 Å². The molecular formula is C22H38N3O3S+. The summed E-state index contributed by atoms with van der Waals surface area (Å²) in [5.41, 5.74) is 2.01. The van der Waals surface area contributed by atoms with E-state index in [0.29, 0.717) is 30.1 Å². The predicted octanol–water partition coefficient (Wildman–Crippen LogP) is 5.20. The van der Waals surface area contributed by atoms with Crippen LogP contribution >= 0.6 is 11.7 Å². The van der Waals surface area contributed by atoms with Crippen LogP contribution < -0.4 is 4.74 Å². The number of nitrogens with zero attached hydrogens (tertiary/aromatic N) is 3. The minimum atomic E-state index is -0.0806. The molecule has 0 spiro atoms. The Morgan fingerprint density at radius 2 is 1.86 bits per heavy atom. The van der Waals surface area contributed by atoms with Crippen molar-refractivity contribution in [2.24, 2.45) is 0 Å². The predicted molar refractivity (Wildman–Crippen MR) is 118 cm³/mol. The Morgan fingerprint density at radius 1 is 1.10 bits per heavy atom. The van der Waals surface area contributed by atoms with Crippen molar-refractivity contribution in [1.82, 2.24) is 8.75 Å². The van der Waals surface area contributed by atoms with Crippen LogP contribution in [-0.2, 0) is 9.53 Å². The standard InChI is InChI=1S/C22H38N3O3S/c1-4-6-8-10-14-20(26)28-18-25(3)15-12-13-19(17-25)21-22(24-29-23-21)27-16-11-9-7-5-2/h13H,4-12,14-18H2,1-3H3/q+1. The lowest BCUT2D eigenvalue weighted by molar-refractivity contribution is -0.919. The maximum atomic E-state index is 12.1. The number of likely N-dealkylation sites (N-methyl/N-ethyl adjacent to an activating group) is 1. The third kappa shape index (κ3) is 8.42. The second-order valence-corrected chi connectivity index (χ2v) is 8.83. The highest BCUT2D eigenvalue weighted by atomic mass is 32.1. The molecule has 0 N–H and O–H groups in total. The molecule has 0 aromatic carbocycles. The van der Waals surface area contributed by atoms with Gasteiger partial charge in [0.25, 0.3) is 5.88 Å². The van der Waals surface area contributed by atoms with Gasteiger partial charge < -0.3 is 9.47 Å². The van der Waals surface area contributed by atoms with Crippen LogP contribution in [0, 0.1) is 0 Å². The van der Waals surface area contributed by atoms with E-state index < -0.39 is 0 Å². The van der Waals surface area contributed by atoms with E-state index in [1.54, 1.807) is 0 Å².